The minimum atomic E-state index is -3.60. The second-order valence-corrected chi connectivity index (χ2v) is 6.47. The fourth-order valence-electron chi connectivity index (χ4n) is 1.85. The molecule has 2 aromatic rings. The monoisotopic (exact) mass is 294 g/mol. The Hall–Kier alpha value is -1.63. The molecule has 0 atom stereocenters. The van der Waals surface area contributed by atoms with Crippen molar-refractivity contribution in [3.05, 3.63) is 53.8 Å². The van der Waals surface area contributed by atoms with E-state index in [0.29, 0.717) is 18.8 Å². The third kappa shape index (κ3) is 3.27. The molecule has 0 aliphatic carbocycles. The van der Waals surface area contributed by atoms with Gasteiger partial charge in [-0.2, -0.15) is 4.31 Å². The molecule has 2 rings (SSSR count). The summed E-state index contributed by atoms with van der Waals surface area (Å²) < 4.78 is 31.4. The average Bonchev–Trinajstić information content (AvgIpc) is 2.89. The van der Waals surface area contributed by atoms with Crippen LogP contribution in [0.5, 0.6) is 0 Å². The van der Waals surface area contributed by atoms with E-state index in [0.717, 1.165) is 5.56 Å². The standard InChI is InChI=1S/C14H18N2O3S/c1-15-10-13-8-9-14(19-13)20(17,18)16(2)11-12-6-4-3-5-7-12/h3-9,15H,10-11H2,1-2H3. The molecule has 0 amide bonds. The number of furan rings is 1. The van der Waals surface area contributed by atoms with Gasteiger partial charge >= 0.3 is 0 Å². The minimum absolute atomic E-state index is 0.0267. The van der Waals surface area contributed by atoms with Crippen molar-refractivity contribution in [2.24, 2.45) is 0 Å². The van der Waals surface area contributed by atoms with Crippen LogP contribution in [-0.2, 0) is 23.1 Å². The molecule has 0 spiro atoms. The molecule has 0 aliphatic heterocycles. The zero-order chi connectivity index (χ0) is 14.6. The quantitative estimate of drug-likeness (QED) is 0.882. The van der Waals surface area contributed by atoms with Crippen molar-refractivity contribution in [3.63, 3.8) is 0 Å². The molecule has 5 nitrogen and oxygen atoms in total. The van der Waals surface area contributed by atoms with Gasteiger partial charge in [-0.3, -0.25) is 0 Å². The highest BCUT2D eigenvalue weighted by Gasteiger charge is 2.24. The van der Waals surface area contributed by atoms with Crippen LogP contribution in [0.1, 0.15) is 11.3 Å². The van der Waals surface area contributed by atoms with Crippen molar-refractivity contribution in [2.75, 3.05) is 14.1 Å². The lowest BCUT2D eigenvalue weighted by atomic mass is 10.2. The summed E-state index contributed by atoms with van der Waals surface area (Å²) in [7, 11) is -0.276. The summed E-state index contributed by atoms with van der Waals surface area (Å²) in [6.45, 7) is 0.809. The highest BCUT2D eigenvalue weighted by atomic mass is 32.2. The van der Waals surface area contributed by atoms with E-state index in [2.05, 4.69) is 5.32 Å². The van der Waals surface area contributed by atoms with Crippen LogP contribution in [0.15, 0.2) is 52.0 Å². The molecule has 0 aliphatic rings. The molecule has 6 heteroatoms. The van der Waals surface area contributed by atoms with Gasteiger partial charge in [-0.05, 0) is 24.7 Å². The molecule has 0 saturated carbocycles. The summed E-state index contributed by atoms with van der Waals surface area (Å²) in [5, 5.41) is 2.89. The highest BCUT2D eigenvalue weighted by Crippen LogP contribution is 2.19. The minimum Gasteiger partial charge on any atom is -0.447 e. The van der Waals surface area contributed by atoms with Gasteiger partial charge < -0.3 is 9.73 Å². The van der Waals surface area contributed by atoms with Crippen LogP contribution in [0.3, 0.4) is 0 Å². The van der Waals surface area contributed by atoms with E-state index in [1.807, 2.05) is 30.3 Å². The maximum Gasteiger partial charge on any atom is 0.276 e. The van der Waals surface area contributed by atoms with Crippen LogP contribution < -0.4 is 5.32 Å². The topological polar surface area (TPSA) is 62.6 Å². The SMILES string of the molecule is CNCc1ccc(S(=O)(=O)N(C)Cc2ccccc2)o1. The fourth-order valence-corrected chi connectivity index (χ4v) is 2.92. The first-order valence-corrected chi connectivity index (χ1v) is 7.71. The van der Waals surface area contributed by atoms with Gasteiger partial charge in [-0.15, -0.1) is 0 Å². The first-order chi connectivity index (χ1) is 9.54. The third-order valence-corrected chi connectivity index (χ3v) is 4.58. The van der Waals surface area contributed by atoms with Crippen molar-refractivity contribution in [2.45, 2.75) is 18.2 Å². The van der Waals surface area contributed by atoms with E-state index < -0.39 is 10.0 Å². The fraction of sp³-hybridized carbons (Fsp3) is 0.286. The van der Waals surface area contributed by atoms with E-state index >= 15 is 0 Å². The second-order valence-electron chi connectivity index (χ2n) is 4.50. The van der Waals surface area contributed by atoms with Crippen LogP contribution in [-0.4, -0.2) is 26.8 Å². The van der Waals surface area contributed by atoms with Crippen molar-refractivity contribution in [1.29, 1.82) is 0 Å². The molecule has 20 heavy (non-hydrogen) atoms. The molecular weight excluding hydrogens is 276 g/mol. The highest BCUT2D eigenvalue weighted by molar-refractivity contribution is 7.88. The van der Waals surface area contributed by atoms with Crippen LogP contribution in [0.25, 0.3) is 0 Å². The van der Waals surface area contributed by atoms with Crippen LogP contribution in [0.2, 0.25) is 0 Å². The summed E-state index contributed by atoms with van der Waals surface area (Å²) in [5.41, 5.74) is 0.931. The number of nitrogens with zero attached hydrogens (tertiary/aromatic N) is 1. The van der Waals surface area contributed by atoms with Gasteiger partial charge in [0.1, 0.15) is 5.76 Å². The van der Waals surface area contributed by atoms with Crippen molar-refractivity contribution in [1.82, 2.24) is 9.62 Å². The summed E-state index contributed by atoms with van der Waals surface area (Å²) in [5.74, 6) is 0.596. The van der Waals surface area contributed by atoms with Crippen molar-refractivity contribution in [3.8, 4) is 0 Å². The molecular formula is C14H18N2O3S. The molecule has 1 aromatic heterocycles. The number of sulfonamides is 1. The number of hydrogen-bond acceptors (Lipinski definition) is 4. The number of nitrogens with one attached hydrogen (secondary N) is 1. The Morgan fingerprint density at radius 2 is 1.85 bits per heavy atom. The van der Waals surface area contributed by atoms with Gasteiger partial charge in [-0.1, -0.05) is 30.3 Å². The Morgan fingerprint density at radius 3 is 2.50 bits per heavy atom. The predicted octanol–water partition coefficient (Wildman–Crippen LogP) is 1.82. The summed E-state index contributed by atoms with van der Waals surface area (Å²) in [4.78, 5) is 0. The van der Waals surface area contributed by atoms with Gasteiger partial charge in [0.15, 0.2) is 0 Å². The Morgan fingerprint density at radius 1 is 1.15 bits per heavy atom. The number of hydrogen-bond donors (Lipinski definition) is 1. The molecule has 1 heterocycles. The number of benzene rings is 1. The van der Waals surface area contributed by atoms with Gasteiger partial charge in [-0.25, -0.2) is 8.42 Å². The Balaban J connectivity index is 2.16. The number of rotatable bonds is 6. The Kier molecular flexibility index (Phi) is 4.59. The zero-order valence-electron chi connectivity index (χ0n) is 11.5. The first-order valence-electron chi connectivity index (χ1n) is 6.27. The lowest BCUT2D eigenvalue weighted by Gasteiger charge is -2.15. The van der Waals surface area contributed by atoms with Gasteiger partial charge in [0, 0.05) is 13.6 Å². The first kappa shape index (κ1) is 14.8. The van der Waals surface area contributed by atoms with E-state index in [9.17, 15) is 8.42 Å². The molecule has 1 aromatic carbocycles. The van der Waals surface area contributed by atoms with Gasteiger partial charge in [0.25, 0.3) is 10.0 Å². The smallest absolute Gasteiger partial charge is 0.276 e. The molecule has 0 fully saturated rings. The van der Waals surface area contributed by atoms with E-state index in [-0.39, 0.29) is 5.09 Å². The summed E-state index contributed by atoms with van der Waals surface area (Å²) >= 11 is 0. The second kappa shape index (κ2) is 6.21. The lowest BCUT2D eigenvalue weighted by Crippen LogP contribution is -2.26. The normalized spacial score (nSPS) is 11.9. The van der Waals surface area contributed by atoms with E-state index in [1.54, 1.807) is 20.2 Å². The predicted molar refractivity (Wildman–Crippen MR) is 76.6 cm³/mol. The molecule has 0 unspecified atom stereocenters. The van der Waals surface area contributed by atoms with Crippen LogP contribution in [0, 0.1) is 0 Å². The Bertz CT molecular complexity index is 650. The third-order valence-electron chi connectivity index (χ3n) is 2.90. The lowest BCUT2D eigenvalue weighted by molar-refractivity contribution is 0.382. The molecule has 0 saturated heterocycles. The maximum absolute atomic E-state index is 12.4. The average molecular weight is 294 g/mol. The van der Waals surface area contributed by atoms with Gasteiger partial charge in [0.2, 0.25) is 5.09 Å². The molecule has 108 valence electrons. The van der Waals surface area contributed by atoms with Crippen LogP contribution in [0.4, 0.5) is 0 Å². The molecule has 1 N–H and O–H groups in total. The summed E-state index contributed by atoms with van der Waals surface area (Å²) in [6.07, 6.45) is 0. The van der Waals surface area contributed by atoms with E-state index in [1.165, 1.54) is 10.4 Å². The molecule has 0 bridgehead atoms. The van der Waals surface area contributed by atoms with Gasteiger partial charge in [0.05, 0.1) is 6.54 Å². The van der Waals surface area contributed by atoms with Crippen LogP contribution >= 0.6 is 0 Å². The van der Waals surface area contributed by atoms with Crippen molar-refractivity contribution >= 4 is 10.0 Å². The molecule has 0 radical (unpaired) electrons. The maximum atomic E-state index is 12.4. The van der Waals surface area contributed by atoms with Crippen molar-refractivity contribution < 1.29 is 12.8 Å². The zero-order valence-corrected chi connectivity index (χ0v) is 12.4. The van der Waals surface area contributed by atoms with E-state index in [4.69, 9.17) is 4.42 Å². The summed E-state index contributed by atoms with van der Waals surface area (Å²) in [6, 6.07) is 12.6. The largest absolute Gasteiger partial charge is 0.447 e. The Labute approximate surface area is 119 Å².